The minimum Gasteiger partial charge on any atom is -0.467 e. The van der Waals surface area contributed by atoms with Gasteiger partial charge in [0.15, 0.2) is 5.65 Å². The lowest BCUT2D eigenvalue weighted by Gasteiger charge is -2.19. The zero-order chi connectivity index (χ0) is 16.5. The van der Waals surface area contributed by atoms with E-state index >= 15 is 0 Å². The van der Waals surface area contributed by atoms with Gasteiger partial charge in [0, 0.05) is 17.8 Å². The van der Waals surface area contributed by atoms with Gasteiger partial charge < -0.3 is 9.73 Å². The molecule has 4 aromatic rings. The van der Waals surface area contributed by atoms with Crippen LogP contribution in [0.15, 0.2) is 65.3 Å². The lowest BCUT2D eigenvalue weighted by molar-refractivity contribution is 0.498. The van der Waals surface area contributed by atoms with Crippen LogP contribution >= 0.6 is 0 Å². The van der Waals surface area contributed by atoms with E-state index in [0.29, 0.717) is 0 Å². The van der Waals surface area contributed by atoms with Gasteiger partial charge in [0.05, 0.1) is 12.0 Å². The average molecular weight is 318 g/mol. The third-order valence-electron chi connectivity index (χ3n) is 3.93. The number of hydrogen-bond donors (Lipinski definition) is 1. The molecule has 3 aromatic heterocycles. The fourth-order valence-electron chi connectivity index (χ4n) is 2.89. The number of furan rings is 1. The largest absolute Gasteiger partial charge is 0.467 e. The molecule has 1 N–H and O–H groups in total. The molecule has 0 aliphatic rings. The first-order valence-corrected chi connectivity index (χ1v) is 7.89. The average Bonchev–Trinajstić information content (AvgIpc) is 3.22. The second kappa shape index (κ2) is 5.85. The highest BCUT2D eigenvalue weighted by Crippen LogP contribution is 2.27. The van der Waals surface area contributed by atoms with Crippen molar-refractivity contribution in [2.45, 2.75) is 19.9 Å². The number of fused-ring (bicyclic) bond motifs is 1. The van der Waals surface area contributed by atoms with Crippen molar-refractivity contribution in [1.29, 1.82) is 0 Å². The van der Waals surface area contributed by atoms with Crippen molar-refractivity contribution < 1.29 is 4.42 Å². The first-order chi connectivity index (χ1) is 11.7. The Morgan fingerprint density at radius 1 is 1.00 bits per heavy atom. The Bertz CT molecular complexity index is 958. The number of anilines is 1. The SMILES string of the molecule is Cc1cc(N[C@H](c2ccccc2)c2ccco2)n2nc(C)cc2n1. The number of benzene rings is 1. The van der Waals surface area contributed by atoms with E-state index in [1.54, 1.807) is 6.26 Å². The van der Waals surface area contributed by atoms with Gasteiger partial charge in [0.1, 0.15) is 17.6 Å². The van der Waals surface area contributed by atoms with Crippen LogP contribution in [0.2, 0.25) is 0 Å². The molecule has 0 aliphatic carbocycles. The zero-order valence-corrected chi connectivity index (χ0v) is 13.6. The molecule has 5 nitrogen and oxygen atoms in total. The summed E-state index contributed by atoms with van der Waals surface area (Å²) < 4.78 is 7.50. The first-order valence-electron chi connectivity index (χ1n) is 7.89. The van der Waals surface area contributed by atoms with Crippen LogP contribution in [0.25, 0.3) is 5.65 Å². The normalized spacial score (nSPS) is 12.4. The molecule has 24 heavy (non-hydrogen) atoms. The quantitative estimate of drug-likeness (QED) is 0.614. The summed E-state index contributed by atoms with van der Waals surface area (Å²) in [5.41, 5.74) is 3.83. The summed E-state index contributed by atoms with van der Waals surface area (Å²) in [6.07, 6.45) is 1.69. The highest BCUT2D eigenvalue weighted by molar-refractivity contribution is 5.52. The van der Waals surface area contributed by atoms with E-state index in [2.05, 4.69) is 27.5 Å². The zero-order valence-electron chi connectivity index (χ0n) is 13.6. The lowest BCUT2D eigenvalue weighted by Crippen LogP contribution is -2.15. The molecule has 3 heterocycles. The Balaban J connectivity index is 1.81. The van der Waals surface area contributed by atoms with Crippen molar-refractivity contribution >= 4 is 11.5 Å². The molecule has 4 rings (SSSR count). The van der Waals surface area contributed by atoms with Crippen LogP contribution < -0.4 is 5.32 Å². The van der Waals surface area contributed by atoms with E-state index in [0.717, 1.165) is 34.2 Å². The number of nitrogens with one attached hydrogen (secondary N) is 1. The van der Waals surface area contributed by atoms with Crippen LogP contribution in [0.3, 0.4) is 0 Å². The van der Waals surface area contributed by atoms with Crippen LogP contribution in [-0.2, 0) is 0 Å². The highest BCUT2D eigenvalue weighted by atomic mass is 16.3. The second-order valence-corrected chi connectivity index (χ2v) is 5.84. The molecule has 0 radical (unpaired) electrons. The fourth-order valence-corrected chi connectivity index (χ4v) is 2.89. The molecule has 0 bridgehead atoms. The Morgan fingerprint density at radius 2 is 1.83 bits per heavy atom. The number of aromatic nitrogens is 3. The maximum Gasteiger partial charge on any atom is 0.157 e. The molecule has 0 saturated carbocycles. The third-order valence-corrected chi connectivity index (χ3v) is 3.93. The summed E-state index contributed by atoms with van der Waals surface area (Å²) in [5.74, 6) is 1.74. The van der Waals surface area contributed by atoms with Crippen molar-refractivity contribution in [3.63, 3.8) is 0 Å². The first kappa shape index (κ1) is 14.5. The lowest BCUT2D eigenvalue weighted by atomic mass is 10.0. The molecule has 0 fully saturated rings. The van der Waals surface area contributed by atoms with Gasteiger partial charge in [0.2, 0.25) is 0 Å². The molecule has 0 unspecified atom stereocenters. The smallest absolute Gasteiger partial charge is 0.157 e. The highest BCUT2D eigenvalue weighted by Gasteiger charge is 2.18. The number of hydrogen-bond acceptors (Lipinski definition) is 4. The Hall–Kier alpha value is -3.08. The van der Waals surface area contributed by atoms with Gasteiger partial charge in [-0.1, -0.05) is 30.3 Å². The molecule has 120 valence electrons. The van der Waals surface area contributed by atoms with Crippen molar-refractivity contribution in [3.8, 4) is 0 Å². The molecular formula is C19H18N4O. The van der Waals surface area contributed by atoms with Gasteiger partial charge in [-0.3, -0.25) is 0 Å². The van der Waals surface area contributed by atoms with Crippen molar-refractivity contribution in [2.24, 2.45) is 0 Å². The Morgan fingerprint density at radius 3 is 2.58 bits per heavy atom. The standard InChI is InChI=1S/C19H18N4O/c1-13-11-18(23-17(20-13)12-14(2)22-23)21-19(16-9-6-10-24-16)15-7-4-3-5-8-15/h3-12,19,21H,1-2H3/t19-/m1/s1. The summed E-state index contributed by atoms with van der Waals surface area (Å²) in [6, 6.07) is 18.0. The van der Waals surface area contributed by atoms with E-state index in [4.69, 9.17) is 4.42 Å². The van der Waals surface area contributed by atoms with Crippen LogP contribution in [-0.4, -0.2) is 14.6 Å². The van der Waals surface area contributed by atoms with Gasteiger partial charge >= 0.3 is 0 Å². The summed E-state index contributed by atoms with van der Waals surface area (Å²) in [4.78, 5) is 4.54. The van der Waals surface area contributed by atoms with E-state index in [1.165, 1.54) is 0 Å². The number of aryl methyl sites for hydroxylation is 2. The van der Waals surface area contributed by atoms with Crippen molar-refractivity contribution in [1.82, 2.24) is 14.6 Å². The van der Waals surface area contributed by atoms with Gasteiger partial charge in [-0.25, -0.2) is 4.98 Å². The predicted octanol–water partition coefficient (Wildman–Crippen LogP) is 4.14. The molecule has 1 aromatic carbocycles. The summed E-state index contributed by atoms with van der Waals surface area (Å²) in [7, 11) is 0. The topological polar surface area (TPSA) is 55.4 Å². The summed E-state index contributed by atoms with van der Waals surface area (Å²) in [6.45, 7) is 3.95. The maximum atomic E-state index is 5.66. The minimum absolute atomic E-state index is 0.101. The van der Waals surface area contributed by atoms with Crippen molar-refractivity contribution in [2.75, 3.05) is 5.32 Å². The number of nitrogens with zero attached hydrogens (tertiary/aromatic N) is 3. The maximum absolute atomic E-state index is 5.66. The fraction of sp³-hybridized carbons (Fsp3) is 0.158. The van der Waals surface area contributed by atoms with Crippen LogP contribution in [0.4, 0.5) is 5.82 Å². The van der Waals surface area contributed by atoms with Crippen LogP contribution in [0, 0.1) is 13.8 Å². The van der Waals surface area contributed by atoms with E-state index in [-0.39, 0.29) is 6.04 Å². The van der Waals surface area contributed by atoms with Gasteiger partial charge in [-0.05, 0) is 31.5 Å². The summed E-state index contributed by atoms with van der Waals surface area (Å²) in [5, 5.41) is 8.10. The minimum atomic E-state index is -0.101. The number of rotatable bonds is 4. The summed E-state index contributed by atoms with van der Waals surface area (Å²) >= 11 is 0. The Labute approximate surface area is 140 Å². The Kier molecular flexibility index (Phi) is 3.54. The van der Waals surface area contributed by atoms with Gasteiger partial charge in [-0.15, -0.1) is 0 Å². The third kappa shape index (κ3) is 2.65. The molecule has 0 aliphatic heterocycles. The van der Waals surface area contributed by atoms with Gasteiger partial charge in [-0.2, -0.15) is 9.61 Å². The van der Waals surface area contributed by atoms with E-state index in [1.807, 2.05) is 60.8 Å². The van der Waals surface area contributed by atoms with Crippen LogP contribution in [0.1, 0.15) is 28.8 Å². The van der Waals surface area contributed by atoms with Crippen molar-refractivity contribution in [3.05, 3.63) is 83.6 Å². The molecule has 1 atom stereocenters. The predicted molar refractivity (Wildman–Crippen MR) is 93.1 cm³/mol. The van der Waals surface area contributed by atoms with Gasteiger partial charge in [0.25, 0.3) is 0 Å². The molecular weight excluding hydrogens is 300 g/mol. The second-order valence-electron chi connectivity index (χ2n) is 5.84. The molecule has 0 amide bonds. The molecule has 5 heteroatoms. The van der Waals surface area contributed by atoms with E-state index < -0.39 is 0 Å². The van der Waals surface area contributed by atoms with Crippen LogP contribution in [0.5, 0.6) is 0 Å². The molecule has 0 spiro atoms. The monoisotopic (exact) mass is 318 g/mol. The molecule has 0 saturated heterocycles. The van der Waals surface area contributed by atoms with E-state index in [9.17, 15) is 0 Å².